The smallest absolute Gasteiger partial charge is 0.407 e. The quantitative estimate of drug-likeness (QED) is 0.0205. The normalized spacial score (nSPS) is 12.8. The van der Waals surface area contributed by atoms with Gasteiger partial charge in [-0.15, -0.1) is 0 Å². The number of benzene rings is 3. The Morgan fingerprint density at radius 3 is 1.59 bits per heavy atom. The lowest BCUT2D eigenvalue weighted by molar-refractivity contribution is -0.159. The van der Waals surface area contributed by atoms with E-state index < -0.39 is 47.2 Å². The van der Waals surface area contributed by atoms with Crippen LogP contribution >= 0.6 is 0 Å². The lowest BCUT2D eigenvalue weighted by atomic mass is 9.98. The number of nitrogens with one attached hydrogen (secondary N) is 4. The highest BCUT2D eigenvalue weighted by Gasteiger charge is 2.30. The van der Waals surface area contributed by atoms with E-state index in [1.165, 1.54) is 11.1 Å². The fourth-order valence-corrected chi connectivity index (χ4v) is 8.50. The van der Waals surface area contributed by atoms with Gasteiger partial charge in [0.15, 0.2) is 0 Å². The molecular weight excluding hydrogens is 1020 g/mol. The van der Waals surface area contributed by atoms with Gasteiger partial charge in [0.05, 0.1) is 38.6 Å². The molecule has 3 aromatic rings. The Morgan fingerprint density at radius 1 is 0.519 bits per heavy atom. The molecule has 4 rings (SSSR count). The minimum absolute atomic E-state index is 0.00526. The van der Waals surface area contributed by atoms with Gasteiger partial charge in [-0.05, 0) is 127 Å². The van der Waals surface area contributed by atoms with Crippen LogP contribution in [0.25, 0.3) is 11.1 Å². The number of carboxylic acids is 1. The highest BCUT2D eigenvalue weighted by atomic mass is 16.6. The molecule has 0 aliphatic heterocycles. The summed E-state index contributed by atoms with van der Waals surface area (Å²) in [6, 6.07) is 20.8. The van der Waals surface area contributed by atoms with Crippen molar-refractivity contribution in [1.82, 2.24) is 21.3 Å². The Labute approximate surface area is 466 Å². The average Bonchev–Trinajstić information content (AvgIpc) is 3.85. The first kappa shape index (κ1) is 65.0. The minimum Gasteiger partial charge on any atom is -0.494 e. The van der Waals surface area contributed by atoms with Gasteiger partial charge in [-0.3, -0.25) is 14.4 Å². The van der Waals surface area contributed by atoms with Crippen molar-refractivity contribution in [3.63, 3.8) is 0 Å². The van der Waals surface area contributed by atoms with Crippen molar-refractivity contribution < 1.29 is 71.8 Å². The molecule has 2 atom stereocenters. The molecule has 436 valence electrons. The zero-order valence-corrected chi connectivity index (χ0v) is 47.3. The summed E-state index contributed by atoms with van der Waals surface area (Å²) in [5.74, 6) is -3.08. The van der Waals surface area contributed by atoms with Crippen LogP contribution in [-0.4, -0.2) is 136 Å². The number of amides is 4. The molecule has 19 heteroatoms. The first-order valence-corrected chi connectivity index (χ1v) is 27.9. The number of unbranched alkanes of at least 4 members (excludes halogenated alkanes) is 6. The number of hydrogen-bond donors (Lipinski definition) is 5. The van der Waals surface area contributed by atoms with Gasteiger partial charge in [0, 0.05) is 51.5 Å². The summed E-state index contributed by atoms with van der Waals surface area (Å²) in [5, 5.41) is 20.4. The maximum atomic E-state index is 13.1. The number of carboxylic acid groups (broad SMARTS) is 1. The highest BCUT2D eigenvalue weighted by molar-refractivity contribution is 5.90. The van der Waals surface area contributed by atoms with Crippen LogP contribution in [0.15, 0.2) is 72.8 Å². The second-order valence-corrected chi connectivity index (χ2v) is 21.4. The van der Waals surface area contributed by atoms with Crippen LogP contribution in [-0.2, 0) is 52.4 Å². The van der Waals surface area contributed by atoms with Crippen molar-refractivity contribution in [2.75, 3.05) is 65.9 Å². The van der Waals surface area contributed by atoms with Gasteiger partial charge in [-0.25, -0.2) is 19.2 Å². The Morgan fingerprint density at radius 2 is 1.01 bits per heavy atom. The standard InChI is InChI=1S/C60H86N4O15/c1-59(2,3)78-56(70)43-25-27-44(28-26-43)76-37-17-11-9-7-8-10-12-24-53(66)64-51(57(71)79-60(4,5)6)30-32-54(67)63-50(55(68)69)29-31-52(65)61-33-18-35-73-38-40-75-41-39-74-36-19-34-62-58(72)77-42-49-47-22-15-13-20-45(47)46-21-14-16-23-48(46)49/h13-16,20-23,25-28,49-51H,7-12,17-19,24,29-42H2,1-6H3,(H,61,65)(H,62,72)(H,63,67)(H,64,66)(H,68,69)/t50-,51-/m0/s1. The van der Waals surface area contributed by atoms with E-state index in [2.05, 4.69) is 45.5 Å². The van der Waals surface area contributed by atoms with Crippen molar-refractivity contribution in [3.05, 3.63) is 89.5 Å². The zero-order valence-electron chi connectivity index (χ0n) is 47.3. The number of carbonyl (C=O) groups is 7. The molecule has 0 unspecified atom stereocenters. The lowest BCUT2D eigenvalue weighted by Gasteiger charge is -2.24. The molecule has 19 nitrogen and oxygen atoms in total. The fourth-order valence-electron chi connectivity index (χ4n) is 8.50. The molecule has 0 fully saturated rings. The van der Waals surface area contributed by atoms with E-state index in [1.54, 1.807) is 45.0 Å². The number of alkyl carbamates (subject to hydrolysis) is 1. The molecular formula is C60H86N4O15. The summed E-state index contributed by atoms with van der Waals surface area (Å²) in [4.78, 5) is 88.0. The number of ether oxygens (including phenoxy) is 7. The van der Waals surface area contributed by atoms with E-state index >= 15 is 0 Å². The van der Waals surface area contributed by atoms with Crippen molar-refractivity contribution in [3.8, 4) is 16.9 Å². The number of aliphatic carboxylic acids is 1. The first-order valence-electron chi connectivity index (χ1n) is 27.9. The average molecular weight is 1100 g/mol. The van der Waals surface area contributed by atoms with Gasteiger partial charge in [-0.1, -0.05) is 80.6 Å². The number of carbonyl (C=O) groups excluding carboxylic acids is 6. The Hall–Kier alpha value is -6.57. The topological polar surface area (TPSA) is 252 Å². The summed E-state index contributed by atoms with van der Waals surface area (Å²) in [6.45, 7) is 14.4. The first-order chi connectivity index (χ1) is 37.8. The van der Waals surface area contributed by atoms with Crippen LogP contribution in [0.4, 0.5) is 4.79 Å². The molecule has 1 aliphatic carbocycles. The third-order valence-corrected chi connectivity index (χ3v) is 12.4. The van der Waals surface area contributed by atoms with Gasteiger partial charge in [0.25, 0.3) is 0 Å². The van der Waals surface area contributed by atoms with Crippen LogP contribution < -0.4 is 26.0 Å². The fraction of sp³-hybridized carbons (Fsp3) is 0.583. The molecule has 3 aromatic carbocycles. The lowest BCUT2D eigenvalue weighted by Crippen LogP contribution is -2.46. The predicted molar refractivity (Wildman–Crippen MR) is 298 cm³/mol. The molecule has 0 heterocycles. The van der Waals surface area contributed by atoms with Gasteiger partial charge >= 0.3 is 24.0 Å². The monoisotopic (exact) mass is 1100 g/mol. The molecule has 0 aromatic heterocycles. The Kier molecular flexibility index (Phi) is 28.9. The molecule has 0 bridgehead atoms. The molecule has 0 spiro atoms. The van der Waals surface area contributed by atoms with E-state index in [0.29, 0.717) is 89.9 Å². The maximum Gasteiger partial charge on any atom is 0.407 e. The van der Waals surface area contributed by atoms with Gasteiger partial charge in [0.2, 0.25) is 17.7 Å². The summed E-state index contributed by atoms with van der Waals surface area (Å²) >= 11 is 0. The summed E-state index contributed by atoms with van der Waals surface area (Å²) in [7, 11) is 0. The van der Waals surface area contributed by atoms with E-state index in [-0.39, 0.29) is 62.4 Å². The Bertz CT molecular complexity index is 2320. The second-order valence-electron chi connectivity index (χ2n) is 21.4. The van der Waals surface area contributed by atoms with E-state index in [4.69, 9.17) is 33.2 Å². The van der Waals surface area contributed by atoms with Crippen molar-refractivity contribution in [2.24, 2.45) is 0 Å². The summed E-state index contributed by atoms with van der Waals surface area (Å²) < 4.78 is 39.0. The number of fused-ring (bicyclic) bond motifs is 3. The predicted octanol–water partition coefficient (Wildman–Crippen LogP) is 8.58. The van der Waals surface area contributed by atoms with Crippen LogP contribution in [0.3, 0.4) is 0 Å². The van der Waals surface area contributed by atoms with Gasteiger partial charge < -0.3 is 59.5 Å². The van der Waals surface area contributed by atoms with Gasteiger partial charge in [0.1, 0.15) is 35.6 Å². The number of hydrogen-bond acceptors (Lipinski definition) is 14. The zero-order chi connectivity index (χ0) is 57.5. The third kappa shape index (κ3) is 26.8. The largest absolute Gasteiger partial charge is 0.494 e. The van der Waals surface area contributed by atoms with E-state index in [0.717, 1.165) is 49.7 Å². The van der Waals surface area contributed by atoms with Crippen LogP contribution in [0.1, 0.15) is 159 Å². The van der Waals surface area contributed by atoms with Crippen molar-refractivity contribution >= 4 is 41.7 Å². The molecule has 4 amide bonds. The molecule has 0 saturated carbocycles. The number of rotatable bonds is 38. The van der Waals surface area contributed by atoms with E-state index in [1.807, 2.05) is 45.0 Å². The van der Waals surface area contributed by atoms with Crippen molar-refractivity contribution in [1.29, 1.82) is 0 Å². The molecule has 0 saturated heterocycles. The van der Waals surface area contributed by atoms with Crippen molar-refractivity contribution in [2.45, 2.75) is 161 Å². The van der Waals surface area contributed by atoms with Gasteiger partial charge in [-0.2, -0.15) is 0 Å². The molecule has 0 radical (unpaired) electrons. The van der Waals surface area contributed by atoms with Crippen LogP contribution in [0.5, 0.6) is 5.75 Å². The third-order valence-electron chi connectivity index (χ3n) is 12.4. The molecule has 5 N–H and O–H groups in total. The summed E-state index contributed by atoms with van der Waals surface area (Å²) in [6.07, 6.45) is 6.43. The SMILES string of the molecule is CC(C)(C)OC(=O)c1ccc(OCCCCCCCCCC(=O)N[C@@H](CCC(=O)N[C@@H](CCC(=O)NCCCOCCOCCOCCCNC(=O)OCC2c3ccccc3-c3ccccc32)C(=O)O)C(=O)OC(C)(C)C)cc1. The van der Waals surface area contributed by atoms with E-state index in [9.17, 15) is 38.7 Å². The molecule has 79 heavy (non-hydrogen) atoms. The van der Waals surface area contributed by atoms with Crippen LogP contribution in [0.2, 0.25) is 0 Å². The second kappa shape index (κ2) is 35.1. The Balaban J connectivity index is 0.966. The van der Waals surface area contributed by atoms with Crippen LogP contribution in [0, 0.1) is 0 Å². The minimum atomic E-state index is -1.34. The number of esters is 2. The summed E-state index contributed by atoms with van der Waals surface area (Å²) in [5.41, 5.74) is 3.73. The molecule has 1 aliphatic rings. The maximum absolute atomic E-state index is 13.1. The highest BCUT2D eigenvalue weighted by Crippen LogP contribution is 2.44.